The Morgan fingerprint density at radius 1 is 1.23 bits per heavy atom. The number of benzene rings is 1. The number of amides is 2. The summed E-state index contributed by atoms with van der Waals surface area (Å²) in [6.45, 7) is 1.38. The number of aromatic nitrogens is 1. The summed E-state index contributed by atoms with van der Waals surface area (Å²) in [5, 5.41) is 3.75. The molecule has 2 heterocycles. The Morgan fingerprint density at radius 2 is 1.96 bits per heavy atom. The Hall–Kier alpha value is -2.83. The molecule has 0 bridgehead atoms. The van der Waals surface area contributed by atoms with Gasteiger partial charge in [0.15, 0.2) is 0 Å². The predicted octanol–water partition coefficient (Wildman–Crippen LogP) is 1.70. The highest BCUT2D eigenvalue weighted by atomic mass is 16.5. The number of aromatic amines is 1. The van der Waals surface area contributed by atoms with Crippen molar-refractivity contribution in [3.05, 3.63) is 36.0 Å². The fourth-order valence-corrected chi connectivity index (χ4v) is 3.26. The van der Waals surface area contributed by atoms with E-state index in [9.17, 15) is 14.4 Å². The normalized spacial score (nSPS) is 15.0. The molecule has 1 fully saturated rings. The second-order valence-corrected chi connectivity index (χ2v) is 6.45. The maximum absolute atomic E-state index is 12.3. The molecule has 1 aliphatic rings. The van der Waals surface area contributed by atoms with Crippen LogP contribution in [0.15, 0.2) is 30.3 Å². The quantitative estimate of drug-likeness (QED) is 0.797. The average molecular weight is 357 g/mol. The Labute approximate surface area is 151 Å². The lowest BCUT2D eigenvalue weighted by Crippen LogP contribution is -2.41. The van der Waals surface area contributed by atoms with Gasteiger partial charge in [-0.05, 0) is 25.0 Å². The highest BCUT2D eigenvalue weighted by Crippen LogP contribution is 2.19. The molecule has 2 aromatic rings. The van der Waals surface area contributed by atoms with Gasteiger partial charge in [0.25, 0.3) is 5.91 Å². The number of fused-ring (bicyclic) bond motifs is 1. The van der Waals surface area contributed by atoms with E-state index in [1.54, 1.807) is 11.0 Å². The van der Waals surface area contributed by atoms with Crippen LogP contribution < -0.4 is 5.32 Å². The van der Waals surface area contributed by atoms with Gasteiger partial charge in [-0.15, -0.1) is 0 Å². The van der Waals surface area contributed by atoms with Crippen LogP contribution >= 0.6 is 0 Å². The zero-order valence-corrected chi connectivity index (χ0v) is 14.8. The van der Waals surface area contributed by atoms with Crippen LogP contribution in [0.4, 0.5) is 0 Å². The number of carbonyl (C=O) groups is 3. The molecule has 1 saturated heterocycles. The van der Waals surface area contributed by atoms with Crippen molar-refractivity contribution in [3.63, 3.8) is 0 Å². The first kappa shape index (κ1) is 18.0. The van der Waals surface area contributed by atoms with Crippen LogP contribution in [-0.4, -0.2) is 54.4 Å². The Bertz CT molecular complexity index is 773. The second-order valence-electron chi connectivity index (χ2n) is 6.45. The highest BCUT2D eigenvalue weighted by Gasteiger charge is 2.27. The molecule has 0 spiro atoms. The second kappa shape index (κ2) is 8.03. The van der Waals surface area contributed by atoms with E-state index >= 15 is 0 Å². The summed E-state index contributed by atoms with van der Waals surface area (Å²) in [4.78, 5) is 40.8. The maximum Gasteiger partial charge on any atom is 0.308 e. The van der Waals surface area contributed by atoms with Gasteiger partial charge in [0.1, 0.15) is 5.69 Å². The van der Waals surface area contributed by atoms with Gasteiger partial charge in [0, 0.05) is 37.0 Å². The highest BCUT2D eigenvalue weighted by molar-refractivity contribution is 5.98. The average Bonchev–Trinajstić information content (AvgIpc) is 3.11. The SMILES string of the molecule is COC(=O)C1CCN(C(=O)CCNC(=O)c2cc3ccccc3[nH]2)CC1. The van der Waals surface area contributed by atoms with Crippen molar-refractivity contribution in [3.8, 4) is 0 Å². The third-order valence-electron chi connectivity index (χ3n) is 4.78. The number of nitrogens with one attached hydrogen (secondary N) is 2. The summed E-state index contributed by atoms with van der Waals surface area (Å²) in [7, 11) is 1.38. The molecule has 0 atom stereocenters. The van der Waals surface area contributed by atoms with Gasteiger partial charge in [-0.1, -0.05) is 18.2 Å². The minimum atomic E-state index is -0.224. The van der Waals surface area contributed by atoms with Gasteiger partial charge in [0.05, 0.1) is 13.0 Å². The summed E-state index contributed by atoms with van der Waals surface area (Å²) in [5.41, 5.74) is 1.39. The van der Waals surface area contributed by atoms with Crippen LogP contribution in [-0.2, 0) is 14.3 Å². The molecular formula is C19H23N3O4. The zero-order chi connectivity index (χ0) is 18.5. The lowest BCUT2D eigenvalue weighted by atomic mass is 9.97. The number of hydrogen-bond acceptors (Lipinski definition) is 4. The van der Waals surface area contributed by atoms with Crippen molar-refractivity contribution >= 4 is 28.7 Å². The maximum atomic E-state index is 12.3. The Morgan fingerprint density at radius 3 is 2.65 bits per heavy atom. The molecule has 138 valence electrons. The fraction of sp³-hybridized carbons (Fsp3) is 0.421. The largest absolute Gasteiger partial charge is 0.469 e. The third kappa shape index (κ3) is 4.04. The number of esters is 1. The number of para-hydroxylation sites is 1. The van der Waals surface area contributed by atoms with Gasteiger partial charge >= 0.3 is 5.97 Å². The zero-order valence-electron chi connectivity index (χ0n) is 14.8. The van der Waals surface area contributed by atoms with Crippen LogP contribution in [0.1, 0.15) is 29.8 Å². The lowest BCUT2D eigenvalue weighted by Gasteiger charge is -2.30. The third-order valence-corrected chi connectivity index (χ3v) is 4.78. The van der Waals surface area contributed by atoms with E-state index in [1.165, 1.54) is 7.11 Å². The van der Waals surface area contributed by atoms with E-state index in [1.807, 2.05) is 24.3 Å². The number of likely N-dealkylation sites (tertiary alicyclic amines) is 1. The molecule has 2 N–H and O–H groups in total. The summed E-state index contributed by atoms with van der Waals surface area (Å²) in [5.74, 6) is -0.558. The van der Waals surface area contributed by atoms with Gasteiger partial charge in [-0.25, -0.2) is 0 Å². The molecule has 0 radical (unpaired) electrons. The van der Waals surface area contributed by atoms with Crippen LogP contribution in [0.3, 0.4) is 0 Å². The lowest BCUT2D eigenvalue weighted by molar-refractivity contribution is -0.148. The number of rotatable bonds is 5. The molecule has 0 unspecified atom stereocenters. The number of piperidine rings is 1. The molecule has 7 heteroatoms. The van der Waals surface area contributed by atoms with Crippen molar-refractivity contribution < 1.29 is 19.1 Å². The minimum absolute atomic E-state index is 0.00902. The molecule has 0 saturated carbocycles. The van der Waals surface area contributed by atoms with Crippen molar-refractivity contribution in [1.82, 2.24) is 15.2 Å². The topological polar surface area (TPSA) is 91.5 Å². The number of carbonyl (C=O) groups excluding carboxylic acids is 3. The van der Waals surface area contributed by atoms with Gasteiger partial charge in [-0.3, -0.25) is 14.4 Å². The van der Waals surface area contributed by atoms with E-state index in [4.69, 9.17) is 4.74 Å². The summed E-state index contributed by atoms with van der Waals surface area (Å²) in [6.07, 6.45) is 1.49. The number of methoxy groups -OCH3 is 1. The van der Waals surface area contributed by atoms with Crippen LogP contribution in [0.25, 0.3) is 10.9 Å². The molecule has 0 aliphatic carbocycles. The standard InChI is InChI=1S/C19H23N3O4/c1-26-19(25)13-7-10-22(11-8-13)17(23)6-9-20-18(24)16-12-14-4-2-3-5-15(14)21-16/h2-5,12-13,21H,6-11H2,1H3,(H,20,24). The van der Waals surface area contributed by atoms with Crippen molar-refractivity contribution in [1.29, 1.82) is 0 Å². The van der Waals surface area contributed by atoms with Crippen LogP contribution in [0, 0.1) is 5.92 Å². The van der Waals surface area contributed by atoms with Gasteiger partial charge in [-0.2, -0.15) is 0 Å². The number of ether oxygens (including phenoxy) is 1. The molecule has 1 aromatic carbocycles. The van der Waals surface area contributed by atoms with E-state index < -0.39 is 0 Å². The molecule has 3 rings (SSSR count). The van der Waals surface area contributed by atoms with Crippen molar-refractivity contribution in [2.45, 2.75) is 19.3 Å². The van der Waals surface area contributed by atoms with Crippen molar-refractivity contribution in [2.75, 3.05) is 26.7 Å². The fourth-order valence-electron chi connectivity index (χ4n) is 3.26. The first-order valence-electron chi connectivity index (χ1n) is 8.80. The van der Waals surface area contributed by atoms with E-state index in [0.717, 1.165) is 10.9 Å². The number of hydrogen-bond donors (Lipinski definition) is 2. The first-order valence-corrected chi connectivity index (χ1v) is 8.80. The molecule has 1 aliphatic heterocycles. The van der Waals surface area contributed by atoms with E-state index in [-0.39, 0.29) is 36.7 Å². The first-order chi connectivity index (χ1) is 12.6. The number of nitrogens with zero attached hydrogens (tertiary/aromatic N) is 1. The smallest absolute Gasteiger partial charge is 0.308 e. The predicted molar refractivity (Wildman–Crippen MR) is 96.6 cm³/mol. The summed E-state index contributed by atoms with van der Waals surface area (Å²) < 4.78 is 4.75. The van der Waals surface area contributed by atoms with E-state index in [2.05, 4.69) is 10.3 Å². The van der Waals surface area contributed by atoms with Crippen LogP contribution in [0.2, 0.25) is 0 Å². The summed E-state index contributed by atoms with van der Waals surface area (Å²) >= 11 is 0. The molecular weight excluding hydrogens is 334 g/mol. The Kier molecular flexibility index (Phi) is 5.55. The number of H-pyrrole nitrogens is 1. The molecule has 1 aromatic heterocycles. The van der Waals surface area contributed by atoms with E-state index in [0.29, 0.717) is 31.6 Å². The van der Waals surface area contributed by atoms with Crippen LogP contribution in [0.5, 0.6) is 0 Å². The summed E-state index contributed by atoms with van der Waals surface area (Å²) in [6, 6.07) is 9.46. The van der Waals surface area contributed by atoms with Crippen molar-refractivity contribution in [2.24, 2.45) is 5.92 Å². The monoisotopic (exact) mass is 357 g/mol. The Balaban J connectivity index is 1.43. The molecule has 26 heavy (non-hydrogen) atoms. The minimum Gasteiger partial charge on any atom is -0.469 e. The van der Waals surface area contributed by atoms with Gasteiger partial charge < -0.3 is 19.9 Å². The van der Waals surface area contributed by atoms with Gasteiger partial charge in [0.2, 0.25) is 5.91 Å². The molecule has 7 nitrogen and oxygen atoms in total. The molecule has 2 amide bonds.